The van der Waals surface area contributed by atoms with Crippen LogP contribution in [0.15, 0.2) is 18.2 Å². The lowest BCUT2D eigenvalue weighted by Crippen LogP contribution is -2.55. The van der Waals surface area contributed by atoms with Gasteiger partial charge in [0.1, 0.15) is 0 Å². The summed E-state index contributed by atoms with van der Waals surface area (Å²) in [6.07, 6.45) is 0. The maximum absolute atomic E-state index is 12.5. The van der Waals surface area contributed by atoms with Gasteiger partial charge in [-0.15, -0.1) is 0 Å². The van der Waals surface area contributed by atoms with Crippen molar-refractivity contribution in [2.45, 2.75) is 0 Å². The summed E-state index contributed by atoms with van der Waals surface area (Å²) < 4.78 is 5.27. The van der Waals surface area contributed by atoms with Crippen LogP contribution in [0.3, 0.4) is 0 Å². The molecule has 0 saturated carbocycles. The molecule has 0 aromatic heterocycles. The minimum Gasteiger partial charge on any atom is -0.378 e. The number of piperazine rings is 1. The molecule has 2 aliphatic heterocycles. The topological polar surface area (TPSA) is 53.1 Å². The van der Waals surface area contributed by atoms with Gasteiger partial charge in [-0.2, -0.15) is 0 Å². The monoisotopic (exact) mass is 371 g/mol. The minimum absolute atomic E-state index is 0.0277. The smallest absolute Gasteiger partial charge is 0.320 e. The summed E-state index contributed by atoms with van der Waals surface area (Å²) in [7, 11) is 0. The number of urea groups is 1. The van der Waals surface area contributed by atoms with Crippen molar-refractivity contribution in [1.29, 1.82) is 0 Å². The Hall–Kier alpha value is -1.50. The molecule has 2 saturated heterocycles. The fraction of sp³-hybridized carbons (Fsp3) is 0.500. The molecule has 2 heterocycles. The van der Waals surface area contributed by atoms with E-state index in [4.69, 9.17) is 27.9 Å². The summed E-state index contributed by atoms with van der Waals surface area (Å²) in [6, 6.07) is 4.90. The average molecular weight is 372 g/mol. The zero-order valence-corrected chi connectivity index (χ0v) is 14.7. The number of nitrogens with zero attached hydrogens (tertiary/aromatic N) is 3. The average Bonchev–Trinajstić information content (AvgIpc) is 2.63. The van der Waals surface area contributed by atoms with Crippen molar-refractivity contribution >= 4 is 35.1 Å². The van der Waals surface area contributed by atoms with Gasteiger partial charge in [0.25, 0.3) is 5.91 Å². The number of rotatable bonds is 1. The van der Waals surface area contributed by atoms with E-state index in [9.17, 15) is 9.59 Å². The quantitative estimate of drug-likeness (QED) is 0.760. The number of hydrogen-bond donors (Lipinski definition) is 0. The van der Waals surface area contributed by atoms with Crippen molar-refractivity contribution < 1.29 is 14.3 Å². The Labute approximate surface area is 150 Å². The van der Waals surface area contributed by atoms with Gasteiger partial charge in [0.2, 0.25) is 0 Å². The molecule has 3 rings (SSSR count). The Kier molecular flexibility index (Phi) is 5.48. The van der Waals surface area contributed by atoms with Gasteiger partial charge < -0.3 is 19.4 Å². The molecule has 0 atom stereocenters. The van der Waals surface area contributed by atoms with Crippen LogP contribution in [0.25, 0.3) is 0 Å². The largest absolute Gasteiger partial charge is 0.378 e. The molecule has 1 aromatic rings. The van der Waals surface area contributed by atoms with E-state index in [2.05, 4.69) is 0 Å². The summed E-state index contributed by atoms with van der Waals surface area (Å²) >= 11 is 11.9. The lowest BCUT2D eigenvalue weighted by Gasteiger charge is -2.38. The molecular formula is C16H19Cl2N3O3. The molecule has 2 fully saturated rings. The standard InChI is InChI=1S/C16H19Cl2N3O3/c17-13-2-1-12(11-14(13)18)15(22)19-3-5-20(6-4-19)16(23)21-7-9-24-10-8-21/h1-2,11H,3-10H2. The fourth-order valence-corrected chi connectivity index (χ4v) is 3.17. The summed E-state index contributed by atoms with van der Waals surface area (Å²) in [6.45, 7) is 4.50. The van der Waals surface area contributed by atoms with E-state index in [-0.39, 0.29) is 11.9 Å². The molecule has 6 nitrogen and oxygen atoms in total. The first-order chi connectivity index (χ1) is 11.6. The van der Waals surface area contributed by atoms with Crippen LogP contribution < -0.4 is 0 Å². The summed E-state index contributed by atoms with van der Waals surface area (Å²) in [5.74, 6) is -0.0907. The SMILES string of the molecule is O=C(c1ccc(Cl)c(Cl)c1)N1CCN(C(=O)N2CCOCC2)CC1. The number of carbonyl (C=O) groups excluding carboxylic acids is 2. The van der Waals surface area contributed by atoms with E-state index in [1.165, 1.54) is 0 Å². The normalized spacial score (nSPS) is 18.7. The molecule has 0 unspecified atom stereocenters. The second-order valence-electron chi connectivity index (χ2n) is 5.79. The van der Waals surface area contributed by atoms with Gasteiger partial charge in [0.05, 0.1) is 23.3 Å². The molecule has 130 valence electrons. The molecule has 24 heavy (non-hydrogen) atoms. The Morgan fingerprint density at radius 3 is 2.04 bits per heavy atom. The van der Waals surface area contributed by atoms with E-state index in [1.807, 2.05) is 0 Å². The molecular weight excluding hydrogens is 353 g/mol. The van der Waals surface area contributed by atoms with Crippen molar-refractivity contribution in [2.75, 3.05) is 52.5 Å². The zero-order chi connectivity index (χ0) is 17.1. The second-order valence-corrected chi connectivity index (χ2v) is 6.60. The van der Waals surface area contributed by atoms with Crippen molar-refractivity contribution in [2.24, 2.45) is 0 Å². The van der Waals surface area contributed by atoms with Crippen molar-refractivity contribution in [1.82, 2.24) is 14.7 Å². The first-order valence-corrected chi connectivity index (χ1v) is 8.68. The molecule has 2 aliphatic rings. The lowest BCUT2D eigenvalue weighted by atomic mass is 10.2. The predicted molar refractivity (Wildman–Crippen MR) is 91.7 cm³/mol. The number of benzene rings is 1. The lowest BCUT2D eigenvalue weighted by molar-refractivity contribution is 0.0362. The van der Waals surface area contributed by atoms with Crippen LogP contribution in [0.5, 0.6) is 0 Å². The highest BCUT2D eigenvalue weighted by Gasteiger charge is 2.28. The molecule has 0 bridgehead atoms. The number of halogens is 2. The van der Waals surface area contributed by atoms with Crippen LogP contribution in [-0.2, 0) is 4.74 Å². The van der Waals surface area contributed by atoms with Crippen LogP contribution in [0.1, 0.15) is 10.4 Å². The predicted octanol–water partition coefficient (Wildman–Crippen LogP) is 2.20. The third kappa shape index (κ3) is 3.77. The van der Waals surface area contributed by atoms with E-state index < -0.39 is 0 Å². The summed E-state index contributed by atoms with van der Waals surface area (Å²) in [5, 5.41) is 0.790. The number of ether oxygens (including phenoxy) is 1. The second kappa shape index (κ2) is 7.59. The van der Waals surface area contributed by atoms with Crippen molar-refractivity contribution in [3.8, 4) is 0 Å². The van der Waals surface area contributed by atoms with Gasteiger partial charge in [0.15, 0.2) is 0 Å². The van der Waals surface area contributed by atoms with Crippen LogP contribution in [0.4, 0.5) is 4.79 Å². The van der Waals surface area contributed by atoms with Crippen LogP contribution >= 0.6 is 23.2 Å². The van der Waals surface area contributed by atoms with Crippen LogP contribution in [0.2, 0.25) is 10.0 Å². The van der Waals surface area contributed by atoms with Crippen molar-refractivity contribution in [3.63, 3.8) is 0 Å². The molecule has 0 spiro atoms. The number of amides is 3. The molecule has 1 aromatic carbocycles. The third-order valence-corrected chi connectivity index (χ3v) is 5.02. The van der Waals surface area contributed by atoms with Crippen molar-refractivity contribution in [3.05, 3.63) is 33.8 Å². The molecule has 0 aliphatic carbocycles. The Morgan fingerprint density at radius 1 is 0.833 bits per heavy atom. The molecule has 0 N–H and O–H groups in total. The number of hydrogen-bond acceptors (Lipinski definition) is 3. The summed E-state index contributed by atoms with van der Waals surface area (Å²) in [4.78, 5) is 30.3. The Morgan fingerprint density at radius 2 is 1.42 bits per heavy atom. The van der Waals surface area contributed by atoms with Gasteiger partial charge in [-0.25, -0.2) is 4.79 Å². The van der Waals surface area contributed by atoms with Crippen LogP contribution in [-0.4, -0.2) is 79.1 Å². The minimum atomic E-state index is -0.0907. The Balaban J connectivity index is 1.57. The van der Waals surface area contributed by atoms with E-state index in [0.29, 0.717) is 68.1 Å². The highest BCUT2D eigenvalue weighted by Crippen LogP contribution is 2.23. The molecule has 3 amide bonds. The fourth-order valence-electron chi connectivity index (χ4n) is 2.87. The number of carbonyl (C=O) groups is 2. The van der Waals surface area contributed by atoms with Gasteiger partial charge in [-0.1, -0.05) is 23.2 Å². The maximum atomic E-state index is 12.5. The van der Waals surface area contributed by atoms with Gasteiger partial charge in [-0.3, -0.25) is 4.79 Å². The first kappa shape index (κ1) is 17.3. The third-order valence-electron chi connectivity index (χ3n) is 4.29. The maximum Gasteiger partial charge on any atom is 0.320 e. The number of morpholine rings is 1. The van der Waals surface area contributed by atoms with Gasteiger partial charge in [0, 0.05) is 44.8 Å². The summed E-state index contributed by atoms with van der Waals surface area (Å²) in [5.41, 5.74) is 0.511. The first-order valence-electron chi connectivity index (χ1n) is 7.92. The highest BCUT2D eigenvalue weighted by atomic mass is 35.5. The Bertz CT molecular complexity index is 627. The highest BCUT2D eigenvalue weighted by molar-refractivity contribution is 6.42. The molecule has 0 radical (unpaired) electrons. The van der Waals surface area contributed by atoms with E-state index in [1.54, 1.807) is 32.9 Å². The van der Waals surface area contributed by atoms with Crippen LogP contribution in [0, 0.1) is 0 Å². The zero-order valence-electron chi connectivity index (χ0n) is 13.2. The van der Waals surface area contributed by atoms with Gasteiger partial charge >= 0.3 is 6.03 Å². The van der Waals surface area contributed by atoms with E-state index >= 15 is 0 Å². The molecule has 8 heteroatoms. The van der Waals surface area contributed by atoms with E-state index in [0.717, 1.165) is 0 Å². The van der Waals surface area contributed by atoms with Gasteiger partial charge in [-0.05, 0) is 18.2 Å².